The number of aliphatic hydroxyl groups is 2. The lowest BCUT2D eigenvalue weighted by atomic mass is 9.89. The van der Waals surface area contributed by atoms with E-state index in [1.807, 2.05) is 6.07 Å². The van der Waals surface area contributed by atoms with Gasteiger partial charge in [-0.1, -0.05) is 81.8 Å². The van der Waals surface area contributed by atoms with E-state index in [0.717, 1.165) is 48.1 Å². The van der Waals surface area contributed by atoms with Gasteiger partial charge >= 0.3 is 11.9 Å². The van der Waals surface area contributed by atoms with Crippen molar-refractivity contribution in [2.75, 3.05) is 33.0 Å². The zero-order valence-electron chi connectivity index (χ0n) is 24.2. The fourth-order valence-electron chi connectivity index (χ4n) is 4.94. The molecule has 2 aromatic carbocycles. The molecule has 41 heavy (non-hydrogen) atoms. The summed E-state index contributed by atoms with van der Waals surface area (Å²) in [5.74, 6) is -0.830. The van der Waals surface area contributed by atoms with Crippen molar-refractivity contribution in [2.24, 2.45) is 0 Å². The Morgan fingerprint density at radius 2 is 1.44 bits per heavy atom. The summed E-state index contributed by atoms with van der Waals surface area (Å²) >= 11 is 0. The molecule has 1 aliphatic heterocycles. The van der Waals surface area contributed by atoms with Crippen molar-refractivity contribution in [3.63, 3.8) is 0 Å². The number of carbonyl (C=O) groups excluding carboxylic acids is 2. The van der Waals surface area contributed by atoms with Crippen molar-refractivity contribution in [2.45, 2.75) is 70.3 Å². The molecule has 0 aromatic heterocycles. The van der Waals surface area contributed by atoms with E-state index < -0.39 is 25.2 Å². The molecule has 0 saturated carbocycles. The van der Waals surface area contributed by atoms with Crippen LogP contribution in [0.15, 0.2) is 66.8 Å². The van der Waals surface area contributed by atoms with Crippen LogP contribution in [-0.4, -0.2) is 61.3 Å². The van der Waals surface area contributed by atoms with Crippen LogP contribution in [0.2, 0.25) is 0 Å². The van der Waals surface area contributed by atoms with Crippen molar-refractivity contribution < 1.29 is 34.0 Å². The van der Waals surface area contributed by atoms with E-state index in [2.05, 4.69) is 56.5 Å². The molecular weight excluding hydrogens is 520 g/mol. The van der Waals surface area contributed by atoms with Crippen molar-refractivity contribution in [3.05, 3.63) is 83.5 Å². The van der Waals surface area contributed by atoms with E-state index in [4.69, 9.17) is 24.4 Å². The molecule has 2 aromatic rings. The Hall–Kier alpha value is -3.26. The number of aliphatic hydroxyl groups excluding tert-OH is 2. The summed E-state index contributed by atoms with van der Waals surface area (Å²) in [7, 11) is 0. The van der Waals surface area contributed by atoms with Crippen LogP contribution in [0.25, 0.3) is 11.1 Å². The van der Waals surface area contributed by atoms with E-state index >= 15 is 0 Å². The molecule has 1 heterocycles. The van der Waals surface area contributed by atoms with E-state index in [-0.39, 0.29) is 24.4 Å². The Morgan fingerprint density at radius 3 is 1.93 bits per heavy atom. The van der Waals surface area contributed by atoms with Gasteiger partial charge in [-0.3, -0.25) is 0 Å². The van der Waals surface area contributed by atoms with Gasteiger partial charge < -0.3 is 24.4 Å². The SMILES string of the molecule is C=C(CO)C(=O)OCCc1cc(CCOC(=O)C(=C)CO)cc(-c2ccc(C3CCC(CCCCC)OC3)cc2)c1. The number of rotatable bonds is 16. The number of hydrogen-bond donors (Lipinski definition) is 2. The molecule has 2 unspecified atom stereocenters. The first-order chi connectivity index (χ1) is 19.8. The Morgan fingerprint density at radius 1 is 0.854 bits per heavy atom. The smallest absolute Gasteiger partial charge is 0.335 e. The summed E-state index contributed by atoms with van der Waals surface area (Å²) in [5.41, 5.74) is 5.31. The summed E-state index contributed by atoms with van der Waals surface area (Å²) in [6.45, 7) is 9.39. The third-order valence-electron chi connectivity index (χ3n) is 7.47. The van der Waals surface area contributed by atoms with Crippen LogP contribution < -0.4 is 0 Å². The van der Waals surface area contributed by atoms with E-state index in [0.29, 0.717) is 24.9 Å². The lowest BCUT2D eigenvalue weighted by molar-refractivity contribution is -0.140. The minimum Gasteiger partial charge on any atom is -0.462 e. The van der Waals surface area contributed by atoms with Gasteiger partial charge in [0.05, 0.1) is 50.3 Å². The number of carbonyl (C=O) groups is 2. The first kappa shape index (κ1) is 32.3. The fourth-order valence-corrected chi connectivity index (χ4v) is 4.94. The number of esters is 2. The van der Waals surface area contributed by atoms with Crippen LogP contribution in [0, 0.1) is 0 Å². The molecule has 0 radical (unpaired) electrons. The summed E-state index contributed by atoms with van der Waals surface area (Å²) in [4.78, 5) is 23.8. The van der Waals surface area contributed by atoms with Crippen LogP contribution in [0.3, 0.4) is 0 Å². The van der Waals surface area contributed by atoms with Gasteiger partial charge in [0.25, 0.3) is 0 Å². The summed E-state index contributed by atoms with van der Waals surface area (Å²) in [6.07, 6.45) is 8.47. The molecule has 0 bridgehead atoms. The zero-order valence-corrected chi connectivity index (χ0v) is 24.2. The molecule has 222 valence electrons. The summed E-state index contributed by atoms with van der Waals surface area (Å²) in [6, 6.07) is 14.7. The monoisotopic (exact) mass is 564 g/mol. The van der Waals surface area contributed by atoms with Crippen LogP contribution in [0.1, 0.15) is 68.1 Å². The molecule has 3 rings (SSSR count). The average Bonchev–Trinajstić information content (AvgIpc) is 3.00. The van der Waals surface area contributed by atoms with Crippen molar-refractivity contribution in [3.8, 4) is 11.1 Å². The van der Waals surface area contributed by atoms with E-state index in [9.17, 15) is 9.59 Å². The topological polar surface area (TPSA) is 102 Å². The Balaban J connectivity index is 1.69. The molecule has 0 amide bonds. The molecule has 2 atom stereocenters. The highest BCUT2D eigenvalue weighted by atomic mass is 16.5. The second-order valence-corrected chi connectivity index (χ2v) is 10.7. The van der Waals surface area contributed by atoms with Crippen molar-refractivity contribution in [1.29, 1.82) is 0 Å². The first-order valence-corrected chi connectivity index (χ1v) is 14.6. The number of benzene rings is 2. The Labute approximate surface area is 243 Å². The molecular formula is C34H44O7. The maximum atomic E-state index is 11.9. The van der Waals surface area contributed by atoms with Gasteiger partial charge in [-0.25, -0.2) is 9.59 Å². The highest BCUT2D eigenvalue weighted by Gasteiger charge is 2.22. The highest BCUT2D eigenvalue weighted by Crippen LogP contribution is 2.32. The van der Waals surface area contributed by atoms with Gasteiger partial charge in [0.1, 0.15) is 0 Å². The molecule has 0 spiro atoms. The van der Waals surface area contributed by atoms with E-state index in [1.165, 1.54) is 24.8 Å². The first-order valence-electron chi connectivity index (χ1n) is 14.6. The summed E-state index contributed by atoms with van der Waals surface area (Å²) < 4.78 is 16.7. The third kappa shape index (κ3) is 10.3. The molecule has 7 nitrogen and oxygen atoms in total. The van der Waals surface area contributed by atoms with Crippen LogP contribution in [-0.2, 0) is 36.6 Å². The van der Waals surface area contributed by atoms with Crippen molar-refractivity contribution >= 4 is 11.9 Å². The molecule has 1 saturated heterocycles. The number of ether oxygens (including phenoxy) is 3. The lowest BCUT2D eigenvalue weighted by Gasteiger charge is -2.29. The number of unbranched alkanes of at least 4 members (excludes halogenated alkanes) is 2. The van der Waals surface area contributed by atoms with Gasteiger partial charge in [-0.05, 0) is 47.1 Å². The Kier molecular flexibility index (Phi) is 13.3. The van der Waals surface area contributed by atoms with Gasteiger partial charge in [0.15, 0.2) is 0 Å². The fraction of sp³-hybridized carbons (Fsp3) is 0.471. The second-order valence-electron chi connectivity index (χ2n) is 10.7. The van der Waals surface area contributed by atoms with Gasteiger partial charge in [0.2, 0.25) is 0 Å². The minimum atomic E-state index is -0.616. The largest absolute Gasteiger partial charge is 0.462 e. The third-order valence-corrected chi connectivity index (χ3v) is 7.47. The van der Waals surface area contributed by atoms with Gasteiger partial charge in [0, 0.05) is 18.8 Å². The maximum Gasteiger partial charge on any atom is 0.335 e. The standard InChI is InChI=1S/C34H44O7/c1-4-5-6-7-32-13-12-30(23-41-32)28-8-10-29(11-9-28)31-19-26(14-16-39-33(37)24(2)21-35)18-27(20-31)15-17-40-34(38)25(3)22-36/h8-11,18-20,30,32,35-36H,2-7,12-17,21-23H2,1H3. The summed E-state index contributed by atoms with van der Waals surface area (Å²) in [5, 5.41) is 18.2. The highest BCUT2D eigenvalue weighted by molar-refractivity contribution is 5.88. The predicted octanol–water partition coefficient (Wildman–Crippen LogP) is 5.46. The average molecular weight is 565 g/mol. The van der Waals surface area contributed by atoms with Crippen molar-refractivity contribution in [1.82, 2.24) is 0 Å². The molecule has 2 N–H and O–H groups in total. The van der Waals surface area contributed by atoms with Crippen LogP contribution >= 0.6 is 0 Å². The minimum absolute atomic E-state index is 0.0150. The molecule has 1 fully saturated rings. The van der Waals surface area contributed by atoms with Gasteiger partial charge in [-0.2, -0.15) is 0 Å². The predicted molar refractivity (Wildman–Crippen MR) is 160 cm³/mol. The number of hydrogen-bond acceptors (Lipinski definition) is 7. The molecule has 0 aliphatic carbocycles. The normalized spacial score (nSPS) is 16.7. The lowest BCUT2D eigenvalue weighted by Crippen LogP contribution is -2.24. The Bertz CT molecular complexity index is 1110. The van der Waals surface area contributed by atoms with Gasteiger partial charge in [-0.15, -0.1) is 0 Å². The maximum absolute atomic E-state index is 11.9. The second kappa shape index (κ2) is 16.9. The quantitative estimate of drug-likeness (QED) is 0.158. The van der Waals surface area contributed by atoms with E-state index in [1.54, 1.807) is 0 Å². The molecule has 7 heteroatoms. The molecule has 1 aliphatic rings. The van der Waals surface area contributed by atoms with Crippen LogP contribution in [0.5, 0.6) is 0 Å². The zero-order chi connectivity index (χ0) is 29.6. The van der Waals surface area contributed by atoms with Crippen LogP contribution in [0.4, 0.5) is 0 Å².